The number of hydrogen-bond acceptors (Lipinski definition) is 6. The summed E-state index contributed by atoms with van der Waals surface area (Å²) in [4.78, 5) is 15.3. The van der Waals surface area contributed by atoms with Crippen LogP contribution in [0.5, 0.6) is 0 Å². The Morgan fingerprint density at radius 3 is 3.24 bits per heavy atom. The third-order valence-corrected chi connectivity index (χ3v) is 2.76. The molecule has 0 saturated heterocycles. The number of nitrogens with zero attached hydrogens (tertiary/aromatic N) is 3. The van der Waals surface area contributed by atoms with E-state index in [4.69, 9.17) is 5.11 Å². The SMILES string of the molecule is COC(=O)Cc1nc2n(n1)CC(CCO)CN2. The van der Waals surface area contributed by atoms with Gasteiger partial charge in [0, 0.05) is 19.7 Å². The van der Waals surface area contributed by atoms with Gasteiger partial charge in [0.15, 0.2) is 5.82 Å². The minimum absolute atomic E-state index is 0.0862. The topological polar surface area (TPSA) is 89.3 Å². The van der Waals surface area contributed by atoms with Crippen LogP contribution in [0.3, 0.4) is 0 Å². The molecule has 0 aromatic carbocycles. The van der Waals surface area contributed by atoms with Gasteiger partial charge in [-0.1, -0.05) is 0 Å². The second-order valence-electron chi connectivity index (χ2n) is 4.05. The zero-order valence-corrected chi connectivity index (χ0v) is 9.72. The molecular formula is C10H16N4O3. The van der Waals surface area contributed by atoms with E-state index in [0.717, 1.165) is 19.5 Å². The van der Waals surface area contributed by atoms with Crippen molar-refractivity contribution in [1.82, 2.24) is 14.8 Å². The maximum atomic E-state index is 11.1. The Morgan fingerprint density at radius 1 is 1.71 bits per heavy atom. The number of hydrogen-bond donors (Lipinski definition) is 2. The number of carbonyl (C=O) groups is 1. The van der Waals surface area contributed by atoms with Crippen molar-refractivity contribution in [3.05, 3.63) is 5.82 Å². The molecule has 1 atom stereocenters. The highest BCUT2D eigenvalue weighted by Crippen LogP contribution is 2.17. The summed E-state index contributed by atoms with van der Waals surface area (Å²) in [5.74, 6) is 1.14. The van der Waals surface area contributed by atoms with Crippen LogP contribution in [0, 0.1) is 5.92 Å². The predicted molar refractivity (Wildman–Crippen MR) is 59.4 cm³/mol. The molecule has 7 nitrogen and oxygen atoms in total. The minimum atomic E-state index is -0.347. The number of aromatic nitrogens is 3. The molecule has 0 aliphatic carbocycles. The highest BCUT2D eigenvalue weighted by atomic mass is 16.5. The van der Waals surface area contributed by atoms with Gasteiger partial charge in [0.05, 0.1) is 7.11 Å². The van der Waals surface area contributed by atoms with Crippen LogP contribution in [-0.2, 0) is 22.5 Å². The van der Waals surface area contributed by atoms with E-state index in [2.05, 4.69) is 20.1 Å². The number of aliphatic hydroxyl groups excluding tert-OH is 1. The number of fused-ring (bicyclic) bond motifs is 1. The van der Waals surface area contributed by atoms with Gasteiger partial charge in [0.1, 0.15) is 6.42 Å². The summed E-state index contributed by atoms with van der Waals surface area (Å²) < 4.78 is 6.30. The van der Waals surface area contributed by atoms with Gasteiger partial charge < -0.3 is 15.2 Å². The first-order chi connectivity index (χ1) is 8.22. The van der Waals surface area contributed by atoms with E-state index < -0.39 is 0 Å². The quantitative estimate of drug-likeness (QED) is 0.684. The largest absolute Gasteiger partial charge is 0.469 e. The third-order valence-electron chi connectivity index (χ3n) is 2.76. The van der Waals surface area contributed by atoms with Gasteiger partial charge >= 0.3 is 5.97 Å². The summed E-state index contributed by atoms with van der Waals surface area (Å²) in [6.45, 7) is 1.67. The maximum Gasteiger partial charge on any atom is 0.313 e. The van der Waals surface area contributed by atoms with Crippen LogP contribution < -0.4 is 5.32 Å². The van der Waals surface area contributed by atoms with Gasteiger partial charge in [-0.2, -0.15) is 10.1 Å². The summed E-state index contributed by atoms with van der Waals surface area (Å²) in [7, 11) is 1.34. The fourth-order valence-corrected chi connectivity index (χ4v) is 1.84. The number of carbonyl (C=O) groups excluding carboxylic acids is 1. The van der Waals surface area contributed by atoms with Crippen molar-refractivity contribution in [1.29, 1.82) is 0 Å². The van der Waals surface area contributed by atoms with Gasteiger partial charge in [-0.05, 0) is 12.3 Å². The van der Waals surface area contributed by atoms with Crippen LogP contribution in [0.1, 0.15) is 12.2 Å². The normalized spacial score (nSPS) is 18.4. The lowest BCUT2D eigenvalue weighted by atomic mass is 10.1. The van der Waals surface area contributed by atoms with Gasteiger partial charge in [-0.25, -0.2) is 4.68 Å². The Labute approximate surface area is 98.8 Å². The van der Waals surface area contributed by atoms with Gasteiger partial charge in [0.25, 0.3) is 0 Å². The fourth-order valence-electron chi connectivity index (χ4n) is 1.84. The zero-order chi connectivity index (χ0) is 12.3. The molecule has 0 amide bonds. The van der Waals surface area contributed by atoms with Crippen molar-refractivity contribution in [3.63, 3.8) is 0 Å². The van der Waals surface area contributed by atoms with E-state index in [9.17, 15) is 4.79 Å². The Bertz CT molecular complexity index is 404. The van der Waals surface area contributed by atoms with Crippen LogP contribution in [0.4, 0.5) is 5.95 Å². The molecule has 7 heteroatoms. The molecule has 2 heterocycles. The Kier molecular flexibility index (Phi) is 3.58. The molecule has 0 radical (unpaired) electrons. The summed E-state index contributed by atoms with van der Waals surface area (Å²) in [6, 6.07) is 0. The molecule has 0 spiro atoms. The third kappa shape index (κ3) is 2.73. The molecule has 2 N–H and O–H groups in total. The van der Waals surface area contributed by atoms with E-state index in [1.165, 1.54) is 7.11 Å². The van der Waals surface area contributed by atoms with E-state index >= 15 is 0 Å². The number of aliphatic hydroxyl groups is 1. The maximum absolute atomic E-state index is 11.1. The van der Waals surface area contributed by atoms with Crippen molar-refractivity contribution in [2.24, 2.45) is 5.92 Å². The van der Waals surface area contributed by atoms with Crippen LogP contribution >= 0.6 is 0 Å². The van der Waals surface area contributed by atoms with Crippen molar-refractivity contribution in [2.75, 3.05) is 25.6 Å². The van der Waals surface area contributed by atoms with Crippen LogP contribution in [-0.4, -0.2) is 46.1 Å². The second-order valence-corrected chi connectivity index (χ2v) is 4.05. The van der Waals surface area contributed by atoms with Crippen molar-refractivity contribution < 1.29 is 14.6 Å². The van der Waals surface area contributed by atoms with E-state index in [-0.39, 0.29) is 19.0 Å². The molecule has 1 aromatic rings. The lowest BCUT2D eigenvalue weighted by molar-refractivity contribution is -0.139. The standard InChI is InChI=1S/C10H16N4O3/c1-17-9(16)4-8-12-10-11-5-7(2-3-15)6-14(10)13-8/h7,15H,2-6H2,1H3,(H,11,12,13). The molecular weight excluding hydrogens is 224 g/mol. The molecule has 94 valence electrons. The lowest BCUT2D eigenvalue weighted by Crippen LogP contribution is -2.28. The molecule has 0 bridgehead atoms. The van der Waals surface area contributed by atoms with E-state index in [1.54, 1.807) is 4.68 Å². The molecule has 1 aliphatic rings. The Hall–Kier alpha value is -1.63. The highest BCUT2D eigenvalue weighted by Gasteiger charge is 2.21. The van der Waals surface area contributed by atoms with Gasteiger partial charge in [0.2, 0.25) is 5.95 Å². The van der Waals surface area contributed by atoms with Crippen LogP contribution in [0.2, 0.25) is 0 Å². The predicted octanol–water partition coefficient (Wildman–Crippen LogP) is -0.582. The summed E-state index contributed by atoms with van der Waals surface area (Å²) in [6.07, 6.45) is 0.821. The monoisotopic (exact) mass is 240 g/mol. The minimum Gasteiger partial charge on any atom is -0.469 e. The first-order valence-electron chi connectivity index (χ1n) is 5.58. The second kappa shape index (κ2) is 5.13. The Balaban J connectivity index is 2.04. The first-order valence-corrected chi connectivity index (χ1v) is 5.58. The lowest BCUT2D eigenvalue weighted by Gasteiger charge is -2.22. The van der Waals surface area contributed by atoms with Crippen LogP contribution in [0.25, 0.3) is 0 Å². The molecule has 0 fully saturated rings. The molecule has 1 unspecified atom stereocenters. The van der Waals surface area contributed by atoms with E-state index in [0.29, 0.717) is 17.7 Å². The molecule has 1 aromatic heterocycles. The molecule has 0 saturated carbocycles. The summed E-state index contributed by atoms with van der Waals surface area (Å²) in [5.41, 5.74) is 0. The van der Waals surface area contributed by atoms with Crippen molar-refractivity contribution in [3.8, 4) is 0 Å². The van der Waals surface area contributed by atoms with E-state index in [1.807, 2.05) is 0 Å². The van der Waals surface area contributed by atoms with Crippen molar-refractivity contribution >= 4 is 11.9 Å². The number of rotatable bonds is 4. The molecule has 2 rings (SSSR count). The van der Waals surface area contributed by atoms with Gasteiger partial charge in [-0.15, -0.1) is 0 Å². The number of methoxy groups -OCH3 is 1. The number of esters is 1. The van der Waals surface area contributed by atoms with Crippen molar-refractivity contribution in [2.45, 2.75) is 19.4 Å². The average molecular weight is 240 g/mol. The van der Waals surface area contributed by atoms with Crippen LogP contribution in [0.15, 0.2) is 0 Å². The molecule has 17 heavy (non-hydrogen) atoms. The average Bonchev–Trinajstić information content (AvgIpc) is 2.70. The smallest absolute Gasteiger partial charge is 0.313 e. The fraction of sp³-hybridized carbons (Fsp3) is 0.700. The zero-order valence-electron chi connectivity index (χ0n) is 9.72. The number of nitrogens with one attached hydrogen (secondary N) is 1. The van der Waals surface area contributed by atoms with Gasteiger partial charge in [-0.3, -0.25) is 4.79 Å². The molecule has 1 aliphatic heterocycles. The first kappa shape index (κ1) is 11.8. The summed E-state index contributed by atoms with van der Waals surface area (Å²) in [5, 5.41) is 16.3. The summed E-state index contributed by atoms with van der Waals surface area (Å²) >= 11 is 0. The number of ether oxygens (including phenoxy) is 1. The Morgan fingerprint density at radius 2 is 2.53 bits per heavy atom. The number of anilines is 1. The highest BCUT2D eigenvalue weighted by molar-refractivity contribution is 5.71.